The minimum atomic E-state index is -0.713. The van der Waals surface area contributed by atoms with Gasteiger partial charge >= 0.3 is 0 Å². The number of hydrogen-bond donors (Lipinski definition) is 3. The van der Waals surface area contributed by atoms with Crippen LogP contribution in [0, 0.1) is 29.6 Å². The molecule has 2 fully saturated rings. The number of aliphatic hydroxyl groups excluding tert-OH is 1. The van der Waals surface area contributed by atoms with E-state index in [9.17, 15) is 5.11 Å². The van der Waals surface area contributed by atoms with E-state index in [1.54, 1.807) is 13.0 Å². The number of rotatable bonds is 5. The van der Waals surface area contributed by atoms with Gasteiger partial charge in [-0.3, -0.25) is 10.5 Å². The Morgan fingerprint density at radius 2 is 1.82 bits per heavy atom. The largest absolute Gasteiger partial charge is 0.477 e. The summed E-state index contributed by atoms with van der Waals surface area (Å²) >= 11 is 0. The second-order valence-corrected chi connectivity index (χ2v) is 7.79. The molecule has 0 spiro atoms. The van der Waals surface area contributed by atoms with Gasteiger partial charge in [-0.1, -0.05) is 46.8 Å². The zero-order valence-corrected chi connectivity index (χ0v) is 18.7. The van der Waals surface area contributed by atoms with Crippen molar-refractivity contribution in [2.45, 2.75) is 79.6 Å². The highest BCUT2D eigenvalue weighted by Gasteiger charge is 2.42. The second-order valence-electron chi connectivity index (χ2n) is 7.79. The topological polar surface area (TPSA) is 91.5 Å². The molecular weight excluding hydrogens is 358 g/mol. The van der Waals surface area contributed by atoms with E-state index in [0.717, 1.165) is 25.4 Å². The Balaban J connectivity index is 0.00000171. The van der Waals surface area contributed by atoms with E-state index in [1.165, 1.54) is 12.8 Å². The van der Waals surface area contributed by atoms with Gasteiger partial charge in [-0.15, -0.1) is 0 Å². The van der Waals surface area contributed by atoms with E-state index >= 15 is 0 Å². The quantitative estimate of drug-likeness (QED) is 0.196. The SMILES string of the molecule is C=CCO/C(C)=N\C(O)C(C)[C@@H]1CC[C@@H](C)C2CCC(C)OCC21.CC.OO. The van der Waals surface area contributed by atoms with Crippen molar-refractivity contribution >= 4 is 5.90 Å². The highest BCUT2D eigenvalue weighted by atomic mass is 17.0. The highest BCUT2D eigenvalue weighted by molar-refractivity contribution is 5.73. The molecule has 2 aliphatic rings. The number of ether oxygens (including phenoxy) is 2. The molecule has 1 saturated heterocycles. The van der Waals surface area contributed by atoms with Gasteiger partial charge in [0, 0.05) is 12.8 Å². The lowest BCUT2D eigenvalue weighted by Crippen LogP contribution is -2.41. The van der Waals surface area contributed by atoms with Crippen molar-refractivity contribution in [1.29, 1.82) is 0 Å². The van der Waals surface area contributed by atoms with Crippen LogP contribution in [0.4, 0.5) is 0 Å². The van der Waals surface area contributed by atoms with Crippen LogP contribution in [-0.2, 0) is 9.47 Å². The first kappa shape index (κ1) is 27.0. The third-order valence-corrected chi connectivity index (χ3v) is 6.14. The molecule has 1 aliphatic carbocycles. The maximum Gasteiger partial charge on any atom is 0.182 e. The molecule has 0 radical (unpaired) electrons. The predicted octanol–water partition coefficient (Wildman–Crippen LogP) is 5.08. The minimum Gasteiger partial charge on any atom is -0.477 e. The van der Waals surface area contributed by atoms with Gasteiger partial charge in [0.05, 0.1) is 12.7 Å². The summed E-state index contributed by atoms with van der Waals surface area (Å²) in [4.78, 5) is 4.35. The van der Waals surface area contributed by atoms with Crippen molar-refractivity contribution in [3.8, 4) is 0 Å². The van der Waals surface area contributed by atoms with Crippen LogP contribution in [0.15, 0.2) is 17.6 Å². The van der Waals surface area contributed by atoms with Gasteiger partial charge in [0.15, 0.2) is 12.1 Å². The zero-order valence-electron chi connectivity index (χ0n) is 18.7. The van der Waals surface area contributed by atoms with Crippen molar-refractivity contribution < 1.29 is 25.1 Å². The maximum atomic E-state index is 10.6. The van der Waals surface area contributed by atoms with Crippen LogP contribution in [-0.4, -0.2) is 47.1 Å². The first-order valence-corrected chi connectivity index (χ1v) is 10.7. The van der Waals surface area contributed by atoms with Crippen LogP contribution in [0.1, 0.15) is 67.2 Å². The van der Waals surface area contributed by atoms with E-state index < -0.39 is 6.23 Å². The summed E-state index contributed by atoms with van der Waals surface area (Å²) in [5.74, 6) is 3.11. The summed E-state index contributed by atoms with van der Waals surface area (Å²) in [6.07, 6.45) is 6.13. The smallest absolute Gasteiger partial charge is 0.182 e. The van der Waals surface area contributed by atoms with Crippen LogP contribution in [0.5, 0.6) is 0 Å². The molecule has 6 heteroatoms. The van der Waals surface area contributed by atoms with Crippen LogP contribution in [0.3, 0.4) is 0 Å². The van der Waals surface area contributed by atoms with Crippen LogP contribution >= 0.6 is 0 Å². The Morgan fingerprint density at radius 3 is 2.43 bits per heavy atom. The molecule has 7 atom stereocenters. The van der Waals surface area contributed by atoms with Gasteiger partial charge in [-0.25, -0.2) is 4.99 Å². The van der Waals surface area contributed by atoms with Crippen LogP contribution in [0.25, 0.3) is 0 Å². The normalized spacial score (nSPS) is 32.2. The van der Waals surface area contributed by atoms with Gasteiger partial charge in [0.2, 0.25) is 0 Å². The Labute approximate surface area is 171 Å². The molecule has 1 saturated carbocycles. The van der Waals surface area contributed by atoms with Crippen molar-refractivity contribution in [3.63, 3.8) is 0 Å². The van der Waals surface area contributed by atoms with Crippen LogP contribution < -0.4 is 0 Å². The monoisotopic (exact) mass is 401 g/mol. The summed E-state index contributed by atoms with van der Waals surface area (Å²) in [7, 11) is 0. The lowest BCUT2D eigenvalue weighted by atomic mass is 9.62. The summed E-state index contributed by atoms with van der Waals surface area (Å²) in [6.45, 7) is 17.4. The zero-order chi connectivity index (χ0) is 21.7. The van der Waals surface area contributed by atoms with E-state index in [4.69, 9.17) is 20.0 Å². The summed E-state index contributed by atoms with van der Waals surface area (Å²) in [6, 6.07) is 0. The standard InChI is InChI=1S/C20H35NO3.C2H6.H2O2/c1-6-11-23-16(5)21-20(22)15(4)18-9-7-13(2)17-10-8-14(3)24-12-19(17)18;2*1-2/h6,13-15,17-20,22H,1,7-12H2,2-5H3;1-2H3;1-2H/b21-16-;;/t13-,14?,15?,17?,18+,19?,20?;;/m1../s1. The third kappa shape index (κ3) is 8.19. The molecule has 6 nitrogen and oxygen atoms in total. The average Bonchev–Trinajstić information content (AvgIpc) is 2.92. The Kier molecular flexibility index (Phi) is 14.5. The molecule has 0 bridgehead atoms. The molecule has 0 amide bonds. The van der Waals surface area contributed by atoms with E-state index in [0.29, 0.717) is 36.4 Å². The summed E-state index contributed by atoms with van der Waals surface area (Å²) in [5, 5.41) is 22.6. The first-order chi connectivity index (χ1) is 13.4. The Morgan fingerprint density at radius 1 is 1.18 bits per heavy atom. The Hall–Kier alpha value is -0.950. The van der Waals surface area contributed by atoms with Crippen molar-refractivity contribution in [2.24, 2.45) is 34.6 Å². The van der Waals surface area contributed by atoms with Gasteiger partial charge in [0.1, 0.15) is 6.61 Å². The van der Waals surface area contributed by atoms with Crippen molar-refractivity contribution in [2.75, 3.05) is 13.2 Å². The fraction of sp³-hybridized carbons (Fsp3) is 0.864. The van der Waals surface area contributed by atoms with Crippen molar-refractivity contribution in [3.05, 3.63) is 12.7 Å². The van der Waals surface area contributed by atoms with Crippen molar-refractivity contribution in [1.82, 2.24) is 0 Å². The number of fused-ring (bicyclic) bond motifs is 1. The number of hydrogen-bond acceptors (Lipinski definition) is 6. The fourth-order valence-corrected chi connectivity index (χ4v) is 4.55. The summed E-state index contributed by atoms with van der Waals surface area (Å²) in [5.41, 5.74) is 0. The van der Waals surface area contributed by atoms with Gasteiger partial charge in [-0.2, -0.15) is 0 Å². The van der Waals surface area contributed by atoms with E-state index in [-0.39, 0.29) is 5.92 Å². The third-order valence-electron chi connectivity index (χ3n) is 6.14. The first-order valence-electron chi connectivity index (χ1n) is 10.7. The average molecular weight is 402 g/mol. The minimum absolute atomic E-state index is 0.115. The van der Waals surface area contributed by atoms with Gasteiger partial charge in [0.25, 0.3) is 0 Å². The maximum absolute atomic E-state index is 10.6. The van der Waals surface area contributed by atoms with Gasteiger partial charge < -0.3 is 14.6 Å². The highest BCUT2D eigenvalue weighted by Crippen LogP contribution is 2.46. The molecule has 2 rings (SSSR count). The lowest BCUT2D eigenvalue weighted by molar-refractivity contribution is -0.176. The molecule has 1 aliphatic heterocycles. The molecule has 5 unspecified atom stereocenters. The van der Waals surface area contributed by atoms with Gasteiger partial charge in [-0.05, 0) is 49.9 Å². The lowest BCUT2D eigenvalue weighted by Gasteiger charge is -2.44. The molecule has 1 heterocycles. The molecule has 0 aromatic rings. The fourth-order valence-electron chi connectivity index (χ4n) is 4.55. The van der Waals surface area contributed by atoms with E-state index in [1.807, 2.05) is 13.8 Å². The second kappa shape index (κ2) is 15.0. The molecule has 3 N–H and O–H groups in total. The molecule has 0 aromatic carbocycles. The molecule has 28 heavy (non-hydrogen) atoms. The summed E-state index contributed by atoms with van der Waals surface area (Å²) < 4.78 is 11.5. The van der Waals surface area contributed by atoms with E-state index in [2.05, 4.69) is 32.3 Å². The predicted molar refractivity (Wildman–Crippen MR) is 115 cm³/mol. The molecule has 166 valence electrons. The number of nitrogens with zero attached hydrogens (tertiary/aromatic N) is 1. The number of aliphatic imine (C=N–C) groups is 1. The Bertz CT molecular complexity index is 443. The number of aliphatic hydroxyl groups is 1. The molecular formula is C22H43NO5. The molecule has 0 aromatic heterocycles. The van der Waals surface area contributed by atoms with Crippen LogP contribution in [0.2, 0.25) is 0 Å².